The highest BCUT2D eigenvalue weighted by molar-refractivity contribution is 5.72. The maximum Gasteiger partial charge on any atom is 0.150 e. The Bertz CT molecular complexity index is 690. The van der Waals surface area contributed by atoms with Crippen molar-refractivity contribution in [2.45, 2.75) is 0 Å². The van der Waals surface area contributed by atoms with Crippen LogP contribution in [0.2, 0.25) is 0 Å². The highest BCUT2D eigenvalue weighted by atomic mass is 16.3. The Morgan fingerprint density at radius 1 is 1.22 bits per heavy atom. The zero-order valence-electron chi connectivity index (χ0n) is 9.42. The number of pyridine rings is 1. The minimum Gasteiger partial charge on any atom is -0.463 e. The molecule has 3 heterocycles. The summed E-state index contributed by atoms with van der Waals surface area (Å²) in [6.45, 7) is 0. The van der Waals surface area contributed by atoms with E-state index in [1.807, 2.05) is 36.4 Å². The van der Waals surface area contributed by atoms with Gasteiger partial charge in [-0.2, -0.15) is 5.26 Å². The standard InChI is InChI=1S/C14H9N3O/c15-9-13-10(11-4-1-2-6-16-11)8-12(17-13)14-5-3-7-18-14/h1-8,17H. The number of hydrogen-bond donors (Lipinski definition) is 1. The van der Waals surface area contributed by atoms with Gasteiger partial charge in [-0.15, -0.1) is 0 Å². The molecule has 0 aliphatic carbocycles. The molecule has 0 unspecified atom stereocenters. The van der Waals surface area contributed by atoms with E-state index in [4.69, 9.17) is 9.68 Å². The molecule has 0 saturated carbocycles. The first-order valence-electron chi connectivity index (χ1n) is 5.47. The number of aromatic amines is 1. The van der Waals surface area contributed by atoms with Gasteiger partial charge >= 0.3 is 0 Å². The maximum absolute atomic E-state index is 9.15. The predicted molar refractivity (Wildman–Crippen MR) is 66.4 cm³/mol. The zero-order chi connectivity index (χ0) is 12.4. The van der Waals surface area contributed by atoms with Crippen LogP contribution < -0.4 is 0 Å². The van der Waals surface area contributed by atoms with Gasteiger partial charge in [0, 0.05) is 11.8 Å². The monoisotopic (exact) mass is 235 g/mol. The highest BCUT2D eigenvalue weighted by Gasteiger charge is 2.13. The predicted octanol–water partition coefficient (Wildman–Crippen LogP) is 3.21. The maximum atomic E-state index is 9.15. The number of aromatic nitrogens is 2. The molecular weight excluding hydrogens is 226 g/mol. The second kappa shape index (κ2) is 4.22. The number of H-pyrrole nitrogens is 1. The summed E-state index contributed by atoms with van der Waals surface area (Å²) in [6.07, 6.45) is 3.30. The number of nitriles is 1. The van der Waals surface area contributed by atoms with Crippen molar-refractivity contribution >= 4 is 0 Å². The van der Waals surface area contributed by atoms with Crippen LogP contribution in [-0.2, 0) is 0 Å². The van der Waals surface area contributed by atoms with Gasteiger partial charge in [-0.1, -0.05) is 6.07 Å². The summed E-state index contributed by atoms with van der Waals surface area (Å²) in [4.78, 5) is 7.29. The van der Waals surface area contributed by atoms with E-state index in [0.29, 0.717) is 11.5 Å². The van der Waals surface area contributed by atoms with Crippen LogP contribution in [0.3, 0.4) is 0 Å². The van der Waals surface area contributed by atoms with Crippen LogP contribution >= 0.6 is 0 Å². The van der Waals surface area contributed by atoms with Crippen molar-refractivity contribution in [3.63, 3.8) is 0 Å². The van der Waals surface area contributed by atoms with E-state index >= 15 is 0 Å². The molecular formula is C14H9N3O. The molecule has 4 nitrogen and oxygen atoms in total. The Morgan fingerprint density at radius 2 is 2.17 bits per heavy atom. The Hall–Kier alpha value is -2.80. The van der Waals surface area contributed by atoms with Gasteiger partial charge in [-0.25, -0.2) is 0 Å². The second-order valence-corrected chi connectivity index (χ2v) is 3.78. The number of hydrogen-bond acceptors (Lipinski definition) is 3. The average molecular weight is 235 g/mol. The van der Waals surface area contributed by atoms with Crippen LogP contribution in [0.25, 0.3) is 22.7 Å². The third-order valence-electron chi connectivity index (χ3n) is 2.66. The minimum atomic E-state index is 0.486. The topological polar surface area (TPSA) is 65.6 Å². The largest absolute Gasteiger partial charge is 0.463 e. The van der Waals surface area contributed by atoms with E-state index in [2.05, 4.69) is 16.0 Å². The van der Waals surface area contributed by atoms with Crippen molar-refractivity contribution in [1.29, 1.82) is 5.26 Å². The van der Waals surface area contributed by atoms with E-state index in [9.17, 15) is 0 Å². The molecule has 1 N–H and O–H groups in total. The first-order chi connectivity index (χ1) is 8.88. The molecule has 3 aromatic heterocycles. The third kappa shape index (κ3) is 1.68. The first kappa shape index (κ1) is 10.4. The average Bonchev–Trinajstić information content (AvgIpc) is 3.08. The molecule has 86 valence electrons. The highest BCUT2D eigenvalue weighted by Crippen LogP contribution is 2.28. The van der Waals surface area contributed by atoms with Crippen LogP contribution in [0.15, 0.2) is 53.3 Å². The van der Waals surface area contributed by atoms with Crippen LogP contribution in [0.5, 0.6) is 0 Å². The molecule has 4 heteroatoms. The molecule has 3 rings (SSSR count). The SMILES string of the molecule is N#Cc1[nH]c(-c2ccco2)cc1-c1ccccn1. The first-order valence-corrected chi connectivity index (χ1v) is 5.47. The van der Waals surface area contributed by atoms with Gasteiger partial charge in [0.2, 0.25) is 0 Å². The quantitative estimate of drug-likeness (QED) is 0.741. The van der Waals surface area contributed by atoms with E-state index < -0.39 is 0 Å². The van der Waals surface area contributed by atoms with Gasteiger partial charge < -0.3 is 9.40 Å². The fraction of sp³-hybridized carbons (Fsp3) is 0. The summed E-state index contributed by atoms with van der Waals surface area (Å²) in [6, 6.07) is 13.3. The molecule has 0 atom stereocenters. The summed E-state index contributed by atoms with van der Waals surface area (Å²) in [5.74, 6) is 0.702. The van der Waals surface area contributed by atoms with E-state index in [-0.39, 0.29) is 0 Å². The molecule has 0 aromatic carbocycles. The molecule has 0 aliphatic heterocycles. The molecule has 0 saturated heterocycles. The summed E-state index contributed by atoms with van der Waals surface area (Å²) >= 11 is 0. The number of rotatable bonds is 2. The molecule has 0 bridgehead atoms. The van der Waals surface area contributed by atoms with Gasteiger partial charge in [0.1, 0.15) is 17.5 Å². The number of nitrogens with one attached hydrogen (secondary N) is 1. The molecule has 0 aliphatic rings. The Labute approximate surface area is 104 Å². The minimum absolute atomic E-state index is 0.486. The Kier molecular flexibility index (Phi) is 2.43. The van der Waals surface area contributed by atoms with Crippen molar-refractivity contribution in [3.05, 3.63) is 54.6 Å². The fourth-order valence-electron chi connectivity index (χ4n) is 1.83. The zero-order valence-corrected chi connectivity index (χ0v) is 9.42. The lowest BCUT2D eigenvalue weighted by atomic mass is 10.1. The van der Waals surface area contributed by atoms with Crippen molar-refractivity contribution < 1.29 is 4.42 Å². The summed E-state index contributed by atoms with van der Waals surface area (Å²) in [5.41, 5.74) is 2.81. The van der Waals surface area contributed by atoms with Crippen LogP contribution in [0.4, 0.5) is 0 Å². The van der Waals surface area contributed by atoms with Crippen LogP contribution in [-0.4, -0.2) is 9.97 Å². The van der Waals surface area contributed by atoms with Crippen molar-refractivity contribution in [2.75, 3.05) is 0 Å². The van der Waals surface area contributed by atoms with Gasteiger partial charge in [-0.3, -0.25) is 4.98 Å². The molecule has 0 fully saturated rings. The number of nitrogens with zero attached hydrogens (tertiary/aromatic N) is 2. The summed E-state index contributed by atoms with van der Waals surface area (Å²) in [5, 5.41) is 9.15. The van der Waals surface area contributed by atoms with Gasteiger partial charge in [0.05, 0.1) is 17.7 Å². The van der Waals surface area contributed by atoms with Gasteiger partial charge in [0.25, 0.3) is 0 Å². The number of furan rings is 1. The van der Waals surface area contributed by atoms with E-state index in [1.165, 1.54) is 0 Å². The summed E-state index contributed by atoms with van der Waals surface area (Å²) < 4.78 is 5.31. The lowest BCUT2D eigenvalue weighted by molar-refractivity contribution is 0.580. The second-order valence-electron chi connectivity index (χ2n) is 3.78. The molecule has 18 heavy (non-hydrogen) atoms. The van der Waals surface area contributed by atoms with Gasteiger partial charge in [0.15, 0.2) is 0 Å². The lowest BCUT2D eigenvalue weighted by Crippen LogP contribution is -1.83. The summed E-state index contributed by atoms with van der Waals surface area (Å²) in [7, 11) is 0. The van der Waals surface area contributed by atoms with Crippen LogP contribution in [0, 0.1) is 11.3 Å². The van der Waals surface area contributed by atoms with Crippen molar-refractivity contribution in [2.24, 2.45) is 0 Å². The molecule has 0 spiro atoms. The third-order valence-corrected chi connectivity index (χ3v) is 2.66. The smallest absolute Gasteiger partial charge is 0.150 e. The normalized spacial score (nSPS) is 10.2. The van der Waals surface area contributed by atoms with Gasteiger partial charge in [-0.05, 0) is 30.3 Å². The lowest BCUT2D eigenvalue weighted by Gasteiger charge is -1.95. The van der Waals surface area contributed by atoms with E-state index in [1.54, 1.807) is 12.5 Å². The van der Waals surface area contributed by atoms with Crippen LogP contribution in [0.1, 0.15) is 5.69 Å². The molecule has 3 aromatic rings. The Morgan fingerprint density at radius 3 is 2.83 bits per heavy atom. The molecule has 0 radical (unpaired) electrons. The Balaban J connectivity index is 2.14. The van der Waals surface area contributed by atoms with Crippen molar-refractivity contribution in [3.8, 4) is 28.8 Å². The van der Waals surface area contributed by atoms with Crippen molar-refractivity contribution in [1.82, 2.24) is 9.97 Å². The molecule has 0 amide bonds. The van der Waals surface area contributed by atoms with E-state index in [0.717, 1.165) is 17.0 Å². The fourth-order valence-corrected chi connectivity index (χ4v) is 1.83.